The Hall–Kier alpha value is -1.85. The van der Waals surface area contributed by atoms with E-state index in [2.05, 4.69) is 32.1 Å². The van der Waals surface area contributed by atoms with Crippen molar-refractivity contribution >= 4 is 22.4 Å². The molecule has 3 N–H and O–H groups in total. The van der Waals surface area contributed by atoms with Gasteiger partial charge in [-0.15, -0.1) is 0 Å². The summed E-state index contributed by atoms with van der Waals surface area (Å²) in [6, 6.07) is 8.23. The van der Waals surface area contributed by atoms with Gasteiger partial charge in [-0.1, -0.05) is 6.07 Å². The molecule has 2 aromatic heterocycles. The third-order valence-corrected chi connectivity index (χ3v) is 3.74. The molecular formula is C13H13N3OS. The predicted molar refractivity (Wildman–Crippen MR) is 74.1 cm³/mol. The summed E-state index contributed by atoms with van der Waals surface area (Å²) in [5, 5.41) is 7.49. The third-order valence-electron chi connectivity index (χ3n) is 3.04. The van der Waals surface area contributed by atoms with Crippen LogP contribution in [-0.2, 0) is 0 Å². The molecule has 1 aromatic carbocycles. The van der Waals surface area contributed by atoms with Gasteiger partial charge < -0.3 is 15.3 Å². The van der Waals surface area contributed by atoms with Crippen LogP contribution in [0.5, 0.6) is 0 Å². The SMILES string of the molecule is CNC(c1ccsc1)c1ccc2[nH]c(=O)[nH]c2c1. The van der Waals surface area contributed by atoms with Crippen LogP contribution in [0.4, 0.5) is 0 Å². The highest BCUT2D eigenvalue weighted by Gasteiger charge is 2.13. The smallest absolute Gasteiger partial charge is 0.309 e. The number of aromatic nitrogens is 2. The summed E-state index contributed by atoms with van der Waals surface area (Å²) in [4.78, 5) is 16.8. The molecule has 18 heavy (non-hydrogen) atoms. The first-order chi connectivity index (χ1) is 8.78. The molecule has 0 saturated heterocycles. The molecule has 2 heterocycles. The van der Waals surface area contributed by atoms with E-state index in [0.717, 1.165) is 16.6 Å². The molecule has 0 aliphatic carbocycles. The minimum Gasteiger partial charge on any atom is -0.309 e. The molecule has 3 rings (SSSR count). The minimum absolute atomic E-state index is 0.152. The molecule has 3 aromatic rings. The second-order valence-corrected chi connectivity index (χ2v) is 4.94. The highest BCUT2D eigenvalue weighted by atomic mass is 32.1. The van der Waals surface area contributed by atoms with E-state index in [1.54, 1.807) is 11.3 Å². The first kappa shape index (κ1) is 11.3. The summed E-state index contributed by atoms with van der Waals surface area (Å²) < 4.78 is 0. The first-order valence-corrected chi connectivity index (χ1v) is 6.63. The summed E-state index contributed by atoms with van der Waals surface area (Å²) >= 11 is 1.68. The van der Waals surface area contributed by atoms with Gasteiger partial charge in [-0.3, -0.25) is 0 Å². The zero-order valence-electron chi connectivity index (χ0n) is 9.86. The molecule has 1 unspecified atom stereocenters. The van der Waals surface area contributed by atoms with Crippen LogP contribution in [-0.4, -0.2) is 17.0 Å². The monoisotopic (exact) mass is 259 g/mol. The average Bonchev–Trinajstić information content (AvgIpc) is 2.97. The Kier molecular flexibility index (Phi) is 2.77. The Labute approximate surface area is 108 Å². The predicted octanol–water partition coefficient (Wildman–Crippen LogP) is 2.23. The number of fused-ring (bicyclic) bond motifs is 1. The maximum Gasteiger partial charge on any atom is 0.323 e. The second kappa shape index (κ2) is 4.44. The lowest BCUT2D eigenvalue weighted by atomic mass is 10.0. The number of nitrogens with one attached hydrogen (secondary N) is 3. The van der Waals surface area contributed by atoms with Gasteiger partial charge in [-0.25, -0.2) is 4.79 Å². The lowest BCUT2D eigenvalue weighted by Gasteiger charge is -2.15. The Morgan fingerprint density at radius 3 is 2.72 bits per heavy atom. The molecule has 0 amide bonds. The number of aromatic amines is 2. The molecule has 1 atom stereocenters. The van der Waals surface area contributed by atoms with Gasteiger partial charge in [0.1, 0.15) is 0 Å². The summed E-state index contributed by atoms with van der Waals surface area (Å²) in [6.07, 6.45) is 0. The van der Waals surface area contributed by atoms with Gasteiger partial charge in [0.25, 0.3) is 0 Å². The van der Waals surface area contributed by atoms with Crippen molar-refractivity contribution in [1.29, 1.82) is 0 Å². The standard InChI is InChI=1S/C13H13N3OS/c1-14-12(9-4-5-18-7-9)8-2-3-10-11(6-8)16-13(17)15-10/h2-7,12,14H,1H3,(H2,15,16,17). The highest BCUT2D eigenvalue weighted by molar-refractivity contribution is 7.08. The lowest BCUT2D eigenvalue weighted by molar-refractivity contribution is 0.695. The van der Waals surface area contributed by atoms with Crippen molar-refractivity contribution in [2.75, 3.05) is 7.05 Å². The van der Waals surface area contributed by atoms with Crippen LogP contribution in [0.1, 0.15) is 17.2 Å². The maximum atomic E-state index is 11.2. The zero-order chi connectivity index (χ0) is 12.5. The number of thiophene rings is 1. The van der Waals surface area contributed by atoms with Crippen molar-refractivity contribution < 1.29 is 0 Å². The largest absolute Gasteiger partial charge is 0.323 e. The van der Waals surface area contributed by atoms with Crippen LogP contribution in [0.25, 0.3) is 11.0 Å². The van der Waals surface area contributed by atoms with Crippen molar-refractivity contribution in [1.82, 2.24) is 15.3 Å². The van der Waals surface area contributed by atoms with E-state index >= 15 is 0 Å². The Morgan fingerprint density at radius 2 is 2.00 bits per heavy atom. The zero-order valence-corrected chi connectivity index (χ0v) is 10.7. The van der Waals surface area contributed by atoms with Gasteiger partial charge in [0.2, 0.25) is 0 Å². The summed E-state index contributed by atoms with van der Waals surface area (Å²) in [5.74, 6) is 0. The van der Waals surface area contributed by atoms with Crippen LogP contribution < -0.4 is 11.0 Å². The van der Waals surface area contributed by atoms with E-state index in [9.17, 15) is 4.79 Å². The van der Waals surface area contributed by atoms with Crippen LogP contribution in [0.3, 0.4) is 0 Å². The first-order valence-electron chi connectivity index (χ1n) is 5.69. The van der Waals surface area contributed by atoms with Gasteiger partial charge in [-0.2, -0.15) is 11.3 Å². The molecule has 92 valence electrons. The lowest BCUT2D eigenvalue weighted by Crippen LogP contribution is -2.16. The third kappa shape index (κ3) is 1.87. The fourth-order valence-corrected chi connectivity index (χ4v) is 2.88. The normalized spacial score (nSPS) is 12.9. The molecule has 0 fully saturated rings. The second-order valence-electron chi connectivity index (χ2n) is 4.16. The highest BCUT2D eigenvalue weighted by Crippen LogP contribution is 2.25. The van der Waals surface area contributed by atoms with E-state index < -0.39 is 0 Å². The Balaban J connectivity index is 2.09. The van der Waals surface area contributed by atoms with E-state index in [1.807, 2.05) is 25.2 Å². The van der Waals surface area contributed by atoms with Gasteiger partial charge in [-0.05, 0) is 47.1 Å². The van der Waals surface area contributed by atoms with Crippen LogP contribution in [0.2, 0.25) is 0 Å². The molecule has 0 aliphatic rings. The number of imidazole rings is 1. The number of rotatable bonds is 3. The van der Waals surface area contributed by atoms with Gasteiger partial charge in [0, 0.05) is 0 Å². The molecular weight excluding hydrogens is 246 g/mol. The quantitative estimate of drug-likeness (QED) is 0.675. The number of benzene rings is 1. The van der Waals surface area contributed by atoms with E-state index in [4.69, 9.17) is 0 Å². The fourth-order valence-electron chi connectivity index (χ4n) is 2.19. The van der Waals surface area contributed by atoms with Crippen molar-refractivity contribution in [3.63, 3.8) is 0 Å². The summed E-state index contributed by atoms with van der Waals surface area (Å²) in [7, 11) is 1.94. The summed E-state index contributed by atoms with van der Waals surface area (Å²) in [6.45, 7) is 0. The number of H-pyrrole nitrogens is 2. The molecule has 0 bridgehead atoms. The van der Waals surface area contributed by atoms with Crippen molar-refractivity contribution in [3.8, 4) is 0 Å². The van der Waals surface area contributed by atoms with Crippen LogP contribution in [0, 0.1) is 0 Å². The Bertz CT molecular complexity index is 711. The Morgan fingerprint density at radius 1 is 1.17 bits per heavy atom. The molecule has 0 radical (unpaired) electrons. The number of hydrogen-bond acceptors (Lipinski definition) is 3. The molecule has 4 nitrogen and oxygen atoms in total. The average molecular weight is 259 g/mol. The van der Waals surface area contributed by atoms with Gasteiger partial charge in [0.05, 0.1) is 17.1 Å². The van der Waals surface area contributed by atoms with E-state index in [0.29, 0.717) is 0 Å². The molecule has 0 saturated carbocycles. The summed E-state index contributed by atoms with van der Waals surface area (Å²) in [5.41, 5.74) is 3.88. The van der Waals surface area contributed by atoms with Crippen molar-refractivity contribution in [2.24, 2.45) is 0 Å². The van der Waals surface area contributed by atoms with Crippen LogP contribution >= 0.6 is 11.3 Å². The van der Waals surface area contributed by atoms with E-state index in [1.165, 1.54) is 5.56 Å². The van der Waals surface area contributed by atoms with Crippen LogP contribution in [0.15, 0.2) is 39.8 Å². The topological polar surface area (TPSA) is 60.7 Å². The van der Waals surface area contributed by atoms with E-state index in [-0.39, 0.29) is 11.7 Å². The maximum absolute atomic E-state index is 11.2. The number of hydrogen-bond donors (Lipinski definition) is 3. The molecule has 5 heteroatoms. The van der Waals surface area contributed by atoms with Crippen molar-refractivity contribution in [3.05, 3.63) is 56.6 Å². The molecule has 0 aliphatic heterocycles. The molecule has 0 spiro atoms. The van der Waals surface area contributed by atoms with Gasteiger partial charge in [0.15, 0.2) is 0 Å². The van der Waals surface area contributed by atoms with Gasteiger partial charge >= 0.3 is 5.69 Å². The minimum atomic E-state index is -0.168. The fraction of sp³-hybridized carbons (Fsp3) is 0.154. The van der Waals surface area contributed by atoms with Crippen molar-refractivity contribution in [2.45, 2.75) is 6.04 Å².